The molecule has 1 amide bonds. The molecule has 4 nitrogen and oxygen atoms in total. The van der Waals surface area contributed by atoms with Gasteiger partial charge in [0.15, 0.2) is 0 Å². The highest BCUT2D eigenvalue weighted by Crippen LogP contribution is 2.35. The minimum absolute atomic E-state index is 0.0241. The van der Waals surface area contributed by atoms with Gasteiger partial charge in [0.05, 0.1) is 0 Å². The van der Waals surface area contributed by atoms with Gasteiger partial charge in [-0.05, 0) is 0 Å². The van der Waals surface area contributed by atoms with Crippen molar-refractivity contribution in [3.05, 3.63) is 0 Å². The van der Waals surface area contributed by atoms with Gasteiger partial charge in [-0.2, -0.15) is 26.3 Å². The van der Waals surface area contributed by atoms with E-state index in [0.717, 1.165) is 4.90 Å². The van der Waals surface area contributed by atoms with E-state index >= 15 is 0 Å². The maximum Gasteiger partial charge on any atom is 0.423 e. The molecule has 0 bridgehead atoms. The summed E-state index contributed by atoms with van der Waals surface area (Å²) in [4.78, 5) is 23.3. The van der Waals surface area contributed by atoms with E-state index in [9.17, 15) is 35.9 Å². The lowest BCUT2D eigenvalue weighted by atomic mass is 10.1. The molecule has 0 radical (unpaired) electrons. The molecule has 0 unspecified atom stereocenters. The maximum atomic E-state index is 12.1. The van der Waals surface area contributed by atoms with Crippen molar-refractivity contribution in [2.45, 2.75) is 31.3 Å². The number of carbonyl (C=O) groups is 2. The van der Waals surface area contributed by atoms with Crippen molar-refractivity contribution in [2.24, 2.45) is 0 Å². The van der Waals surface area contributed by atoms with E-state index in [1.165, 1.54) is 0 Å². The Hall–Kier alpha value is -1.32. The number of likely N-dealkylation sites (tertiary alicyclic amines) is 1. The summed E-state index contributed by atoms with van der Waals surface area (Å²) in [6.45, 7) is -1.38. The van der Waals surface area contributed by atoms with Crippen molar-refractivity contribution in [3.63, 3.8) is 0 Å². The third-order valence-corrected chi connectivity index (χ3v) is 2.64. The molecule has 1 aliphatic heterocycles. The number of amides is 1. The van der Waals surface area contributed by atoms with Crippen LogP contribution in [0.15, 0.2) is 0 Å². The second kappa shape index (κ2) is 5.98. The highest BCUT2D eigenvalue weighted by Gasteiger charge is 2.58. The molecule has 1 fully saturated rings. The van der Waals surface area contributed by atoms with Crippen molar-refractivity contribution in [1.29, 1.82) is 0 Å². The standard InChI is InChI=1S/C10H11F6NO3/c11-9(12,13)8(10(14,15)16)20-5-7(19)17-3-1-6(18)2-4-17/h8H,1-5H2. The minimum Gasteiger partial charge on any atom is -0.351 e. The Morgan fingerprint density at radius 2 is 1.55 bits per heavy atom. The highest BCUT2D eigenvalue weighted by atomic mass is 19.4. The van der Waals surface area contributed by atoms with Crippen LogP contribution >= 0.6 is 0 Å². The smallest absolute Gasteiger partial charge is 0.351 e. The van der Waals surface area contributed by atoms with Crippen molar-refractivity contribution in [1.82, 2.24) is 4.90 Å². The number of carbonyl (C=O) groups excluding carboxylic acids is 2. The van der Waals surface area contributed by atoms with Crippen LogP contribution in [0, 0.1) is 0 Å². The number of rotatable bonds is 3. The number of halogens is 6. The summed E-state index contributed by atoms with van der Waals surface area (Å²) in [5.41, 5.74) is 0. The number of ketones is 1. The minimum atomic E-state index is -5.64. The summed E-state index contributed by atoms with van der Waals surface area (Å²) in [5, 5.41) is 0. The molecule has 1 saturated heterocycles. The van der Waals surface area contributed by atoms with Gasteiger partial charge >= 0.3 is 12.4 Å². The average molecular weight is 307 g/mol. The number of nitrogens with zero attached hydrogens (tertiary/aromatic N) is 1. The second-order valence-corrected chi connectivity index (χ2v) is 4.19. The first-order chi connectivity index (χ1) is 9.01. The van der Waals surface area contributed by atoms with Crippen LogP contribution in [0.5, 0.6) is 0 Å². The largest absolute Gasteiger partial charge is 0.423 e. The Morgan fingerprint density at radius 1 is 1.10 bits per heavy atom. The Morgan fingerprint density at radius 3 is 1.95 bits per heavy atom. The Labute approximate surface area is 109 Å². The summed E-state index contributed by atoms with van der Waals surface area (Å²) in [5.74, 6) is -1.12. The van der Waals surface area contributed by atoms with Gasteiger partial charge in [0.2, 0.25) is 12.0 Å². The fourth-order valence-corrected chi connectivity index (χ4v) is 1.63. The van der Waals surface area contributed by atoms with Crippen molar-refractivity contribution in [3.8, 4) is 0 Å². The Kier molecular flexibility index (Phi) is 5.00. The molecule has 10 heteroatoms. The molecule has 0 saturated carbocycles. The number of hydrogen-bond donors (Lipinski definition) is 0. The third kappa shape index (κ3) is 4.66. The lowest BCUT2D eigenvalue weighted by Gasteiger charge is -2.28. The topological polar surface area (TPSA) is 46.6 Å². The molecule has 0 aromatic rings. The highest BCUT2D eigenvalue weighted by molar-refractivity contribution is 5.83. The summed E-state index contributed by atoms with van der Waals surface area (Å²) in [6.07, 6.45) is -15.2. The van der Waals surface area contributed by atoms with Gasteiger partial charge in [-0.15, -0.1) is 0 Å². The summed E-state index contributed by atoms with van der Waals surface area (Å²) < 4.78 is 76.6. The van der Waals surface area contributed by atoms with Crippen LogP contribution in [0.25, 0.3) is 0 Å². The second-order valence-electron chi connectivity index (χ2n) is 4.19. The maximum absolute atomic E-state index is 12.1. The van der Waals surface area contributed by atoms with Crippen LogP contribution in [-0.4, -0.2) is 54.7 Å². The van der Waals surface area contributed by atoms with Crippen LogP contribution in [0.1, 0.15) is 12.8 Å². The molecule has 1 aliphatic rings. The van der Waals surface area contributed by atoms with Crippen LogP contribution in [0.3, 0.4) is 0 Å². The van der Waals surface area contributed by atoms with E-state index in [-0.39, 0.29) is 31.7 Å². The fourth-order valence-electron chi connectivity index (χ4n) is 1.63. The molecule has 116 valence electrons. The van der Waals surface area contributed by atoms with Crippen LogP contribution in [0.2, 0.25) is 0 Å². The molecular weight excluding hydrogens is 296 g/mol. The molecular formula is C10H11F6NO3. The number of piperidine rings is 1. The first-order valence-corrected chi connectivity index (χ1v) is 5.56. The van der Waals surface area contributed by atoms with Gasteiger partial charge in [0.25, 0.3) is 0 Å². The fraction of sp³-hybridized carbons (Fsp3) is 0.800. The number of ether oxygens (including phenoxy) is 1. The molecule has 0 atom stereocenters. The molecule has 0 aliphatic carbocycles. The molecule has 1 heterocycles. The van der Waals surface area contributed by atoms with E-state index in [1.54, 1.807) is 0 Å². The third-order valence-electron chi connectivity index (χ3n) is 2.64. The summed E-state index contributed by atoms with van der Waals surface area (Å²) in [6, 6.07) is 0. The molecule has 0 aromatic carbocycles. The first kappa shape index (κ1) is 16.7. The van der Waals surface area contributed by atoms with E-state index in [2.05, 4.69) is 4.74 Å². The summed E-state index contributed by atoms with van der Waals surface area (Å²) >= 11 is 0. The number of Topliss-reactive ketones (excluding diaryl/α,β-unsaturated/α-hetero) is 1. The molecule has 0 N–H and O–H groups in total. The lowest BCUT2D eigenvalue weighted by Crippen LogP contribution is -2.47. The van der Waals surface area contributed by atoms with E-state index in [0.29, 0.717) is 0 Å². The monoisotopic (exact) mass is 307 g/mol. The zero-order valence-electron chi connectivity index (χ0n) is 10.1. The molecule has 20 heavy (non-hydrogen) atoms. The van der Waals surface area contributed by atoms with E-state index in [1.807, 2.05) is 0 Å². The van der Waals surface area contributed by atoms with E-state index in [4.69, 9.17) is 0 Å². The van der Waals surface area contributed by atoms with Gasteiger partial charge < -0.3 is 9.64 Å². The zero-order valence-corrected chi connectivity index (χ0v) is 10.1. The Balaban J connectivity index is 2.55. The van der Waals surface area contributed by atoms with Gasteiger partial charge in [-0.25, -0.2) is 0 Å². The molecule has 0 aromatic heterocycles. The lowest BCUT2D eigenvalue weighted by molar-refractivity contribution is -0.320. The Bertz CT molecular complexity index is 354. The normalized spacial score (nSPS) is 17.8. The van der Waals surface area contributed by atoms with Crippen LogP contribution in [-0.2, 0) is 14.3 Å². The number of alkyl halides is 6. The number of hydrogen-bond acceptors (Lipinski definition) is 3. The van der Waals surface area contributed by atoms with E-state index < -0.39 is 31.0 Å². The first-order valence-electron chi connectivity index (χ1n) is 5.56. The predicted octanol–water partition coefficient (Wildman–Crippen LogP) is 1.69. The van der Waals surface area contributed by atoms with Gasteiger partial charge in [-0.3, -0.25) is 9.59 Å². The van der Waals surface area contributed by atoms with Crippen molar-refractivity contribution < 1.29 is 40.7 Å². The van der Waals surface area contributed by atoms with Crippen molar-refractivity contribution in [2.75, 3.05) is 19.7 Å². The summed E-state index contributed by atoms with van der Waals surface area (Å²) in [7, 11) is 0. The van der Waals surface area contributed by atoms with Crippen LogP contribution < -0.4 is 0 Å². The quantitative estimate of drug-likeness (QED) is 0.746. The van der Waals surface area contributed by atoms with Crippen molar-refractivity contribution >= 4 is 11.7 Å². The average Bonchev–Trinajstić information content (AvgIpc) is 2.26. The SMILES string of the molecule is O=C1CCN(C(=O)COC(C(F)(F)F)C(F)(F)F)CC1. The van der Waals surface area contributed by atoms with Crippen LogP contribution in [0.4, 0.5) is 26.3 Å². The zero-order chi connectivity index (χ0) is 15.6. The van der Waals surface area contributed by atoms with Gasteiger partial charge in [0, 0.05) is 25.9 Å². The molecule has 0 spiro atoms. The van der Waals surface area contributed by atoms with Gasteiger partial charge in [-0.1, -0.05) is 0 Å². The molecule has 1 rings (SSSR count). The predicted molar refractivity (Wildman–Crippen MR) is 52.7 cm³/mol. The van der Waals surface area contributed by atoms with Gasteiger partial charge in [0.1, 0.15) is 12.4 Å².